The second-order valence-electron chi connectivity index (χ2n) is 9.60. The molecule has 2 N–H and O–H groups in total. The number of para-hydroxylation sites is 1. The molecule has 1 fully saturated rings. The van der Waals surface area contributed by atoms with E-state index in [-0.39, 0.29) is 30.1 Å². The van der Waals surface area contributed by atoms with Gasteiger partial charge in [-0.1, -0.05) is 30.3 Å². The molecule has 0 unspecified atom stereocenters. The molecule has 38 heavy (non-hydrogen) atoms. The van der Waals surface area contributed by atoms with Gasteiger partial charge in [-0.15, -0.1) is 0 Å². The van der Waals surface area contributed by atoms with E-state index in [1.807, 2.05) is 18.2 Å². The highest BCUT2D eigenvalue weighted by atomic mass is 32.1. The fourth-order valence-electron chi connectivity index (χ4n) is 5.23. The lowest BCUT2D eigenvalue weighted by atomic mass is 9.96. The van der Waals surface area contributed by atoms with Gasteiger partial charge in [0.1, 0.15) is 5.82 Å². The van der Waals surface area contributed by atoms with E-state index >= 15 is 0 Å². The van der Waals surface area contributed by atoms with Crippen LogP contribution in [-0.2, 0) is 4.79 Å². The standard InChI is InChI=1S/C30H30FN5OS/c1-19-9-8-10-22(17-19)36-20(2)18-23(21(36)3)29-28(26-13-6-7-15-32-26)34-30(38)35(29)16-14-27(37)33-25-12-5-4-11-24(25)31/h4-13,15,17-18,28-29H,14,16H2,1-3H3,(H,33,37)(H,34,38)/t28-,29-/m1/s1. The van der Waals surface area contributed by atoms with Crippen LogP contribution in [0.2, 0.25) is 0 Å². The number of anilines is 1. The number of thiocarbonyl (C=S) groups is 1. The van der Waals surface area contributed by atoms with Gasteiger partial charge in [-0.25, -0.2) is 4.39 Å². The van der Waals surface area contributed by atoms with Crippen molar-refractivity contribution in [1.82, 2.24) is 19.8 Å². The number of hydrogen-bond acceptors (Lipinski definition) is 3. The zero-order valence-corrected chi connectivity index (χ0v) is 22.4. The maximum absolute atomic E-state index is 14.1. The minimum atomic E-state index is -0.462. The first-order chi connectivity index (χ1) is 18.3. The van der Waals surface area contributed by atoms with Crippen molar-refractivity contribution in [2.24, 2.45) is 0 Å². The van der Waals surface area contributed by atoms with Crippen LogP contribution in [0.1, 0.15) is 46.7 Å². The lowest BCUT2D eigenvalue weighted by Crippen LogP contribution is -2.33. The van der Waals surface area contributed by atoms with Gasteiger partial charge in [0.05, 0.1) is 23.5 Å². The van der Waals surface area contributed by atoms with Crippen molar-refractivity contribution in [2.45, 2.75) is 39.3 Å². The summed E-state index contributed by atoms with van der Waals surface area (Å²) in [6.07, 6.45) is 1.93. The Bertz CT molecular complexity index is 1490. The summed E-state index contributed by atoms with van der Waals surface area (Å²) >= 11 is 5.78. The molecule has 1 aliphatic rings. The van der Waals surface area contributed by atoms with Crippen molar-refractivity contribution < 1.29 is 9.18 Å². The zero-order valence-electron chi connectivity index (χ0n) is 21.6. The SMILES string of the molecule is Cc1cccc(-n2c(C)cc([C@@H]3[C@@H](c4ccccn4)NC(=S)N3CCC(=O)Nc3ccccc3F)c2C)c1. The molecular formula is C30H30FN5OS. The summed E-state index contributed by atoms with van der Waals surface area (Å²) < 4.78 is 16.3. The summed E-state index contributed by atoms with van der Waals surface area (Å²) in [4.78, 5) is 19.5. The number of carbonyl (C=O) groups excluding carboxylic acids is 1. The molecule has 2 atom stereocenters. The number of benzene rings is 2. The molecule has 5 rings (SSSR count). The summed E-state index contributed by atoms with van der Waals surface area (Å²) in [5, 5.41) is 6.69. The number of amides is 1. The molecule has 2 aromatic heterocycles. The summed E-state index contributed by atoms with van der Waals surface area (Å²) in [5.41, 5.74) is 6.66. The van der Waals surface area contributed by atoms with Crippen molar-refractivity contribution in [1.29, 1.82) is 0 Å². The van der Waals surface area contributed by atoms with E-state index in [1.54, 1.807) is 24.4 Å². The van der Waals surface area contributed by atoms with Crippen LogP contribution in [0.15, 0.2) is 79.0 Å². The molecule has 1 aliphatic heterocycles. The number of halogens is 1. The lowest BCUT2D eigenvalue weighted by molar-refractivity contribution is -0.116. The monoisotopic (exact) mass is 527 g/mol. The van der Waals surface area contributed by atoms with Crippen molar-refractivity contribution in [3.8, 4) is 5.69 Å². The number of hydrogen-bond donors (Lipinski definition) is 2. The van der Waals surface area contributed by atoms with Crippen LogP contribution in [0.4, 0.5) is 10.1 Å². The molecule has 4 aromatic rings. The van der Waals surface area contributed by atoms with Crippen molar-refractivity contribution in [2.75, 3.05) is 11.9 Å². The molecule has 194 valence electrons. The quantitative estimate of drug-likeness (QED) is 0.292. The highest BCUT2D eigenvalue weighted by Gasteiger charge is 2.41. The summed E-state index contributed by atoms with van der Waals surface area (Å²) in [7, 11) is 0. The Morgan fingerprint density at radius 1 is 1.05 bits per heavy atom. The van der Waals surface area contributed by atoms with Crippen LogP contribution in [0, 0.1) is 26.6 Å². The molecule has 6 nitrogen and oxygen atoms in total. The van der Waals surface area contributed by atoms with Crippen molar-refractivity contribution >= 4 is 28.9 Å². The predicted molar refractivity (Wildman–Crippen MR) is 152 cm³/mol. The summed E-state index contributed by atoms with van der Waals surface area (Å²) in [6, 6.07) is 22.3. The Labute approximate surface area is 227 Å². The summed E-state index contributed by atoms with van der Waals surface area (Å²) in [5.74, 6) is -0.737. The van der Waals surface area contributed by atoms with E-state index < -0.39 is 5.82 Å². The Balaban J connectivity index is 1.48. The lowest BCUT2D eigenvalue weighted by Gasteiger charge is -2.28. The van der Waals surface area contributed by atoms with E-state index in [4.69, 9.17) is 12.2 Å². The summed E-state index contributed by atoms with van der Waals surface area (Å²) in [6.45, 7) is 6.67. The van der Waals surface area contributed by atoms with Gasteiger partial charge in [-0.3, -0.25) is 9.78 Å². The number of rotatable bonds is 7. The largest absolute Gasteiger partial charge is 0.352 e. The normalized spacial score (nSPS) is 16.9. The maximum atomic E-state index is 14.1. The first kappa shape index (κ1) is 25.6. The molecule has 0 aliphatic carbocycles. The highest BCUT2D eigenvalue weighted by molar-refractivity contribution is 7.80. The minimum Gasteiger partial charge on any atom is -0.352 e. The van der Waals surface area contributed by atoms with E-state index in [1.165, 1.54) is 11.6 Å². The van der Waals surface area contributed by atoms with Gasteiger partial charge in [0, 0.05) is 36.2 Å². The number of aryl methyl sites for hydroxylation is 2. The van der Waals surface area contributed by atoms with Crippen LogP contribution in [0.3, 0.4) is 0 Å². The Morgan fingerprint density at radius 3 is 2.58 bits per heavy atom. The van der Waals surface area contributed by atoms with Gasteiger partial charge in [0.2, 0.25) is 5.91 Å². The van der Waals surface area contributed by atoms with Crippen LogP contribution in [0.25, 0.3) is 5.69 Å². The third-order valence-corrected chi connectivity index (χ3v) is 7.33. The fraction of sp³-hybridized carbons (Fsp3) is 0.233. The molecule has 2 aromatic carbocycles. The van der Waals surface area contributed by atoms with E-state index in [0.29, 0.717) is 11.7 Å². The zero-order chi connectivity index (χ0) is 26.8. The Kier molecular flexibility index (Phi) is 7.24. The molecule has 0 spiro atoms. The molecule has 1 saturated heterocycles. The third kappa shape index (κ3) is 5.04. The number of nitrogens with one attached hydrogen (secondary N) is 2. The topological polar surface area (TPSA) is 62.2 Å². The van der Waals surface area contributed by atoms with Crippen LogP contribution in [0.5, 0.6) is 0 Å². The van der Waals surface area contributed by atoms with Crippen molar-refractivity contribution in [3.63, 3.8) is 0 Å². The Morgan fingerprint density at radius 2 is 1.84 bits per heavy atom. The van der Waals surface area contributed by atoms with Crippen molar-refractivity contribution in [3.05, 3.63) is 113 Å². The average Bonchev–Trinajstić information content (AvgIpc) is 3.39. The number of aromatic nitrogens is 2. The molecular weight excluding hydrogens is 497 g/mol. The Hall–Kier alpha value is -4.04. The van der Waals surface area contributed by atoms with E-state index in [2.05, 4.69) is 76.2 Å². The molecule has 0 bridgehead atoms. The van der Waals surface area contributed by atoms with Gasteiger partial charge in [-0.05, 0) is 86.6 Å². The van der Waals surface area contributed by atoms with Gasteiger partial charge in [0.25, 0.3) is 0 Å². The van der Waals surface area contributed by atoms with Gasteiger partial charge in [0.15, 0.2) is 5.11 Å². The second-order valence-corrected chi connectivity index (χ2v) is 9.99. The minimum absolute atomic E-state index is 0.151. The van der Waals surface area contributed by atoms with Crippen LogP contribution >= 0.6 is 12.2 Å². The van der Waals surface area contributed by atoms with Gasteiger partial charge >= 0.3 is 0 Å². The third-order valence-electron chi connectivity index (χ3n) is 6.97. The predicted octanol–water partition coefficient (Wildman–Crippen LogP) is 5.94. The molecule has 1 amide bonds. The van der Waals surface area contributed by atoms with Crippen LogP contribution in [-0.4, -0.2) is 32.0 Å². The van der Waals surface area contributed by atoms with E-state index in [9.17, 15) is 9.18 Å². The molecule has 0 radical (unpaired) electrons. The maximum Gasteiger partial charge on any atom is 0.226 e. The van der Waals surface area contributed by atoms with Crippen LogP contribution < -0.4 is 10.6 Å². The fourth-order valence-corrected chi connectivity index (χ4v) is 5.57. The first-order valence-electron chi connectivity index (χ1n) is 12.6. The smallest absolute Gasteiger partial charge is 0.226 e. The van der Waals surface area contributed by atoms with E-state index in [0.717, 1.165) is 28.3 Å². The van der Waals surface area contributed by atoms with Gasteiger partial charge in [-0.2, -0.15) is 0 Å². The number of carbonyl (C=O) groups is 1. The molecule has 3 heterocycles. The molecule has 8 heteroatoms. The second kappa shape index (κ2) is 10.8. The van der Waals surface area contributed by atoms with Gasteiger partial charge < -0.3 is 20.1 Å². The first-order valence-corrected chi connectivity index (χ1v) is 13.0. The number of nitrogens with zero attached hydrogens (tertiary/aromatic N) is 3. The molecule has 0 saturated carbocycles. The number of pyridine rings is 1. The highest BCUT2D eigenvalue weighted by Crippen LogP contribution is 2.41. The average molecular weight is 528 g/mol.